The molecule has 19 heavy (non-hydrogen) atoms. The van der Waals surface area contributed by atoms with E-state index >= 15 is 0 Å². The number of benzene rings is 1. The third kappa shape index (κ3) is 2.95. The summed E-state index contributed by atoms with van der Waals surface area (Å²) in [5.41, 5.74) is 1.03. The summed E-state index contributed by atoms with van der Waals surface area (Å²) < 4.78 is 5.08. The van der Waals surface area contributed by atoms with Gasteiger partial charge < -0.3 is 9.64 Å². The van der Waals surface area contributed by atoms with Crippen molar-refractivity contribution in [1.82, 2.24) is 4.90 Å². The normalized spacial score (nSPS) is 22.6. The highest BCUT2D eigenvalue weighted by Gasteiger charge is 2.42. The highest BCUT2D eigenvalue weighted by molar-refractivity contribution is 5.88. The Labute approximate surface area is 113 Å². The third-order valence-corrected chi connectivity index (χ3v) is 3.42. The number of hydrogen-bond acceptors (Lipinski definition) is 3. The van der Waals surface area contributed by atoms with Gasteiger partial charge in [0.05, 0.1) is 6.61 Å². The van der Waals surface area contributed by atoms with E-state index in [9.17, 15) is 9.59 Å². The molecule has 0 unspecified atom stereocenters. The Balaban J connectivity index is 2.16. The van der Waals surface area contributed by atoms with Gasteiger partial charge >= 0.3 is 5.97 Å². The van der Waals surface area contributed by atoms with E-state index in [1.165, 1.54) is 0 Å². The van der Waals surface area contributed by atoms with Crippen LogP contribution >= 0.6 is 0 Å². The van der Waals surface area contributed by atoms with Crippen molar-refractivity contribution >= 4 is 11.9 Å². The predicted octanol–water partition coefficient (Wildman–Crippen LogP) is 1.99. The van der Waals surface area contributed by atoms with E-state index in [2.05, 4.69) is 0 Å². The molecule has 1 fully saturated rings. The van der Waals surface area contributed by atoms with Crippen LogP contribution in [0.15, 0.2) is 30.3 Å². The molecule has 1 heterocycles. The van der Waals surface area contributed by atoms with Crippen LogP contribution < -0.4 is 0 Å². The Bertz CT molecular complexity index is 458. The van der Waals surface area contributed by atoms with E-state index in [1.54, 1.807) is 11.8 Å². The van der Waals surface area contributed by atoms with Crippen LogP contribution in [-0.4, -0.2) is 29.4 Å². The van der Waals surface area contributed by atoms with Crippen molar-refractivity contribution in [3.05, 3.63) is 35.9 Å². The first kappa shape index (κ1) is 13.6. The van der Waals surface area contributed by atoms with Gasteiger partial charge in [0, 0.05) is 13.0 Å². The molecule has 1 amide bonds. The molecule has 102 valence electrons. The van der Waals surface area contributed by atoms with Gasteiger partial charge in [-0.15, -0.1) is 0 Å². The monoisotopic (exact) mass is 261 g/mol. The topological polar surface area (TPSA) is 46.6 Å². The molecule has 4 nitrogen and oxygen atoms in total. The Kier molecular flexibility index (Phi) is 4.20. The molecule has 2 atom stereocenters. The number of esters is 1. The van der Waals surface area contributed by atoms with Gasteiger partial charge in [0.15, 0.2) is 0 Å². The summed E-state index contributed by atoms with van der Waals surface area (Å²) in [6, 6.07) is 9.25. The summed E-state index contributed by atoms with van der Waals surface area (Å²) in [7, 11) is 0. The van der Waals surface area contributed by atoms with Crippen LogP contribution in [0.5, 0.6) is 0 Å². The first-order valence-electron chi connectivity index (χ1n) is 6.63. The van der Waals surface area contributed by atoms with E-state index in [4.69, 9.17) is 4.74 Å². The molecule has 0 radical (unpaired) electrons. The van der Waals surface area contributed by atoms with Gasteiger partial charge in [-0.05, 0) is 18.4 Å². The van der Waals surface area contributed by atoms with E-state index in [-0.39, 0.29) is 17.8 Å². The number of likely N-dealkylation sites (tertiary alicyclic amines) is 1. The summed E-state index contributed by atoms with van der Waals surface area (Å²) in [4.78, 5) is 25.6. The van der Waals surface area contributed by atoms with E-state index in [0.717, 1.165) is 5.56 Å². The lowest BCUT2D eigenvalue weighted by atomic mass is 10.0. The second-order valence-electron chi connectivity index (χ2n) is 4.89. The molecule has 1 aromatic rings. The van der Waals surface area contributed by atoms with E-state index in [0.29, 0.717) is 19.6 Å². The Morgan fingerprint density at radius 2 is 2.05 bits per heavy atom. The van der Waals surface area contributed by atoms with Crippen molar-refractivity contribution in [2.24, 2.45) is 5.92 Å². The number of ether oxygens (including phenoxy) is 1. The van der Waals surface area contributed by atoms with Crippen LogP contribution in [0.2, 0.25) is 0 Å². The summed E-state index contributed by atoms with van der Waals surface area (Å²) >= 11 is 0. The smallest absolute Gasteiger partial charge is 0.329 e. The van der Waals surface area contributed by atoms with Gasteiger partial charge in [0.1, 0.15) is 6.04 Å². The van der Waals surface area contributed by atoms with Gasteiger partial charge in [-0.1, -0.05) is 37.3 Å². The molecular weight excluding hydrogens is 242 g/mol. The van der Waals surface area contributed by atoms with Gasteiger partial charge in [0.25, 0.3) is 0 Å². The first-order valence-corrected chi connectivity index (χ1v) is 6.63. The maximum Gasteiger partial charge on any atom is 0.329 e. The summed E-state index contributed by atoms with van der Waals surface area (Å²) in [5.74, 6) is -0.263. The zero-order chi connectivity index (χ0) is 13.8. The molecule has 4 heteroatoms. The Morgan fingerprint density at radius 1 is 1.37 bits per heavy atom. The van der Waals surface area contributed by atoms with Crippen molar-refractivity contribution < 1.29 is 14.3 Å². The molecule has 1 saturated heterocycles. The molecule has 0 aliphatic carbocycles. The van der Waals surface area contributed by atoms with Crippen molar-refractivity contribution in [2.45, 2.75) is 32.9 Å². The van der Waals surface area contributed by atoms with Crippen molar-refractivity contribution in [1.29, 1.82) is 0 Å². The Morgan fingerprint density at radius 3 is 2.68 bits per heavy atom. The number of rotatable bonds is 4. The average Bonchev–Trinajstić information content (AvgIpc) is 2.66. The van der Waals surface area contributed by atoms with E-state index < -0.39 is 6.04 Å². The SMILES string of the molecule is CCOC(=O)[C@@H]1[C@H](C)CC(=O)N1Cc1ccccc1. The quantitative estimate of drug-likeness (QED) is 0.779. The second kappa shape index (κ2) is 5.87. The molecule has 2 rings (SSSR count). The molecular formula is C15H19NO3. The van der Waals surface area contributed by atoms with Crippen molar-refractivity contribution in [2.75, 3.05) is 6.61 Å². The van der Waals surface area contributed by atoms with Crippen molar-refractivity contribution in [3.63, 3.8) is 0 Å². The average molecular weight is 261 g/mol. The number of nitrogens with zero attached hydrogens (tertiary/aromatic N) is 1. The lowest BCUT2D eigenvalue weighted by Gasteiger charge is -2.25. The minimum absolute atomic E-state index is 0.00950. The number of hydrogen-bond donors (Lipinski definition) is 0. The molecule has 1 aromatic carbocycles. The molecule has 0 N–H and O–H groups in total. The van der Waals surface area contributed by atoms with Crippen LogP contribution in [0.1, 0.15) is 25.8 Å². The van der Waals surface area contributed by atoms with Gasteiger partial charge in [-0.3, -0.25) is 4.79 Å². The van der Waals surface area contributed by atoms with Crippen molar-refractivity contribution in [3.8, 4) is 0 Å². The number of amides is 1. The van der Waals surface area contributed by atoms with Gasteiger partial charge in [0.2, 0.25) is 5.91 Å². The largest absolute Gasteiger partial charge is 0.464 e. The minimum Gasteiger partial charge on any atom is -0.464 e. The number of carbonyl (C=O) groups is 2. The third-order valence-electron chi connectivity index (χ3n) is 3.42. The minimum atomic E-state index is -0.451. The highest BCUT2D eigenvalue weighted by atomic mass is 16.5. The predicted molar refractivity (Wildman–Crippen MR) is 71.2 cm³/mol. The molecule has 0 aromatic heterocycles. The fourth-order valence-electron chi connectivity index (χ4n) is 2.52. The fraction of sp³-hybridized carbons (Fsp3) is 0.467. The van der Waals surface area contributed by atoms with E-state index in [1.807, 2.05) is 37.3 Å². The van der Waals surface area contributed by atoms with Crippen LogP contribution in [0.3, 0.4) is 0 Å². The summed E-state index contributed by atoms with van der Waals surface area (Å²) in [5, 5.41) is 0. The summed E-state index contributed by atoms with van der Waals surface area (Å²) in [6.07, 6.45) is 0.413. The molecule has 0 saturated carbocycles. The lowest BCUT2D eigenvalue weighted by Crippen LogP contribution is -2.41. The molecule has 0 bridgehead atoms. The maximum absolute atomic E-state index is 12.0. The maximum atomic E-state index is 12.0. The Hall–Kier alpha value is -1.84. The first-order chi connectivity index (χ1) is 9.13. The zero-order valence-electron chi connectivity index (χ0n) is 11.3. The highest BCUT2D eigenvalue weighted by Crippen LogP contribution is 2.27. The molecule has 0 spiro atoms. The molecule has 1 aliphatic rings. The fourth-order valence-corrected chi connectivity index (χ4v) is 2.52. The number of carbonyl (C=O) groups excluding carboxylic acids is 2. The van der Waals surface area contributed by atoms with Crippen LogP contribution in [-0.2, 0) is 20.9 Å². The lowest BCUT2D eigenvalue weighted by molar-refractivity contribution is -0.152. The standard InChI is InChI=1S/C15H19NO3/c1-3-19-15(18)14-11(2)9-13(17)16(14)10-12-7-5-4-6-8-12/h4-8,11,14H,3,9-10H2,1-2H3/t11-,14+/m1/s1. The van der Waals surface area contributed by atoms with Gasteiger partial charge in [-0.25, -0.2) is 4.79 Å². The van der Waals surface area contributed by atoms with Crippen LogP contribution in [0.4, 0.5) is 0 Å². The van der Waals surface area contributed by atoms with Crippen LogP contribution in [0, 0.1) is 5.92 Å². The summed E-state index contributed by atoms with van der Waals surface area (Å²) in [6.45, 7) is 4.51. The zero-order valence-corrected chi connectivity index (χ0v) is 11.3. The van der Waals surface area contributed by atoms with Crippen LogP contribution in [0.25, 0.3) is 0 Å². The molecule has 1 aliphatic heterocycles. The van der Waals surface area contributed by atoms with Gasteiger partial charge in [-0.2, -0.15) is 0 Å². The second-order valence-corrected chi connectivity index (χ2v) is 4.89.